The molecule has 4 rings (SSSR count). The van der Waals surface area contributed by atoms with Crippen LogP contribution in [-0.2, 0) is 11.3 Å². The summed E-state index contributed by atoms with van der Waals surface area (Å²) in [6, 6.07) is 13.9. The summed E-state index contributed by atoms with van der Waals surface area (Å²) < 4.78 is 15.1. The van der Waals surface area contributed by atoms with Gasteiger partial charge in [0.1, 0.15) is 16.9 Å². The van der Waals surface area contributed by atoms with Crippen molar-refractivity contribution < 1.29 is 9.18 Å². The summed E-state index contributed by atoms with van der Waals surface area (Å²) >= 11 is 1.35. The average Bonchev–Trinajstić information content (AvgIpc) is 3.07. The lowest BCUT2D eigenvalue weighted by Gasteiger charge is -2.32. The van der Waals surface area contributed by atoms with Gasteiger partial charge in [0.25, 0.3) is 0 Å². The zero-order valence-electron chi connectivity index (χ0n) is 15.5. The second kappa shape index (κ2) is 7.63. The molecule has 8 heteroatoms. The molecular formula is C20H20FN5OS. The molecule has 2 atom stereocenters. The van der Waals surface area contributed by atoms with E-state index in [1.54, 1.807) is 16.8 Å². The molecule has 1 amide bonds. The molecule has 2 aromatic carbocycles. The molecule has 0 saturated carbocycles. The highest BCUT2D eigenvalue weighted by Gasteiger charge is 2.37. The minimum atomic E-state index is -0.466. The predicted octanol–water partition coefficient (Wildman–Crippen LogP) is 3.11. The Kier molecular flexibility index (Phi) is 5.04. The number of hydrogen-bond donors (Lipinski definition) is 2. The van der Waals surface area contributed by atoms with Crippen LogP contribution in [-0.4, -0.2) is 26.0 Å². The van der Waals surface area contributed by atoms with Crippen molar-refractivity contribution in [1.29, 1.82) is 0 Å². The highest BCUT2D eigenvalue weighted by Crippen LogP contribution is 2.37. The molecule has 0 radical (unpaired) electrons. The SMILES string of the molecule is Cc1ccc(CNC(=O)[C@H]2Sc3nnc(C)n3N[C@H]2c2ccc(F)cc2)cc1. The summed E-state index contributed by atoms with van der Waals surface area (Å²) in [6.07, 6.45) is 0. The number of aryl methyl sites for hydroxylation is 2. The molecule has 2 heterocycles. The van der Waals surface area contributed by atoms with Crippen molar-refractivity contribution in [3.8, 4) is 0 Å². The molecule has 0 fully saturated rings. The summed E-state index contributed by atoms with van der Waals surface area (Å²) in [4.78, 5) is 13.0. The number of nitrogens with zero attached hydrogens (tertiary/aromatic N) is 3. The topological polar surface area (TPSA) is 71.8 Å². The van der Waals surface area contributed by atoms with E-state index in [2.05, 4.69) is 20.9 Å². The summed E-state index contributed by atoms with van der Waals surface area (Å²) in [7, 11) is 0. The van der Waals surface area contributed by atoms with Crippen LogP contribution < -0.4 is 10.7 Å². The standard InChI is InChI=1S/C20H20FN5OS/c1-12-3-5-14(6-4-12)11-22-19(27)18-17(15-7-9-16(21)10-8-15)25-26-13(2)23-24-20(26)28-18/h3-10,17-18,25H,11H2,1-2H3,(H,22,27)/t17-,18-/m0/s1. The van der Waals surface area contributed by atoms with Crippen molar-refractivity contribution in [2.45, 2.75) is 36.8 Å². The second-order valence-electron chi connectivity index (χ2n) is 6.77. The lowest BCUT2D eigenvalue weighted by atomic mass is 10.0. The van der Waals surface area contributed by atoms with Crippen LogP contribution in [0.25, 0.3) is 0 Å². The van der Waals surface area contributed by atoms with Crippen LogP contribution in [0.4, 0.5) is 4.39 Å². The highest BCUT2D eigenvalue weighted by molar-refractivity contribution is 8.00. The molecule has 0 aliphatic carbocycles. The van der Waals surface area contributed by atoms with E-state index >= 15 is 0 Å². The monoisotopic (exact) mass is 397 g/mol. The van der Waals surface area contributed by atoms with Crippen molar-refractivity contribution in [3.63, 3.8) is 0 Å². The Morgan fingerprint density at radius 2 is 1.86 bits per heavy atom. The summed E-state index contributed by atoms with van der Waals surface area (Å²) in [6.45, 7) is 4.31. The maximum Gasteiger partial charge on any atom is 0.236 e. The molecule has 0 saturated heterocycles. The van der Waals surface area contributed by atoms with E-state index < -0.39 is 5.25 Å². The number of aromatic nitrogens is 3. The predicted molar refractivity (Wildman–Crippen MR) is 106 cm³/mol. The molecule has 0 spiro atoms. The third-order valence-corrected chi connectivity index (χ3v) is 5.89. The van der Waals surface area contributed by atoms with Crippen LogP contribution in [0.5, 0.6) is 0 Å². The largest absolute Gasteiger partial charge is 0.351 e. The third-order valence-electron chi connectivity index (χ3n) is 4.67. The van der Waals surface area contributed by atoms with Gasteiger partial charge in [0, 0.05) is 6.54 Å². The lowest BCUT2D eigenvalue weighted by molar-refractivity contribution is -0.121. The van der Waals surface area contributed by atoms with Crippen molar-refractivity contribution in [2.24, 2.45) is 0 Å². The van der Waals surface area contributed by atoms with Gasteiger partial charge in [-0.2, -0.15) is 0 Å². The molecule has 144 valence electrons. The van der Waals surface area contributed by atoms with Gasteiger partial charge in [0.2, 0.25) is 11.1 Å². The second-order valence-corrected chi connectivity index (χ2v) is 7.87. The molecule has 0 unspecified atom stereocenters. The fourth-order valence-electron chi connectivity index (χ4n) is 3.08. The number of thioether (sulfide) groups is 1. The number of hydrogen-bond acceptors (Lipinski definition) is 5. The van der Waals surface area contributed by atoms with Gasteiger partial charge in [-0.25, -0.2) is 9.07 Å². The number of amides is 1. The molecule has 0 bridgehead atoms. The van der Waals surface area contributed by atoms with Crippen LogP contribution in [0.15, 0.2) is 53.7 Å². The van der Waals surface area contributed by atoms with Crippen LogP contribution in [0, 0.1) is 19.7 Å². The number of nitrogens with one attached hydrogen (secondary N) is 2. The number of benzene rings is 2. The zero-order chi connectivity index (χ0) is 19.7. The Bertz CT molecular complexity index is 987. The van der Waals surface area contributed by atoms with E-state index in [0.29, 0.717) is 17.5 Å². The molecule has 3 aromatic rings. The Morgan fingerprint density at radius 1 is 1.14 bits per heavy atom. The van der Waals surface area contributed by atoms with Crippen molar-refractivity contribution in [3.05, 3.63) is 76.9 Å². The van der Waals surface area contributed by atoms with Gasteiger partial charge in [-0.3, -0.25) is 4.79 Å². The van der Waals surface area contributed by atoms with E-state index in [4.69, 9.17) is 0 Å². The Morgan fingerprint density at radius 3 is 2.57 bits per heavy atom. The van der Waals surface area contributed by atoms with Crippen LogP contribution in [0.2, 0.25) is 0 Å². The molecule has 28 heavy (non-hydrogen) atoms. The van der Waals surface area contributed by atoms with E-state index in [0.717, 1.165) is 11.1 Å². The number of carbonyl (C=O) groups excluding carboxylic acids is 1. The van der Waals surface area contributed by atoms with Crippen LogP contribution >= 0.6 is 11.8 Å². The number of carbonyl (C=O) groups is 1. The quantitative estimate of drug-likeness (QED) is 0.708. The van der Waals surface area contributed by atoms with E-state index in [9.17, 15) is 9.18 Å². The zero-order valence-corrected chi connectivity index (χ0v) is 16.3. The first-order valence-corrected chi connectivity index (χ1v) is 9.83. The first-order chi connectivity index (χ1) is 13.5. The van der Waals surface area contributed by atoms with E-state index in [1.165, 1.54) is 29.5 Å². The van der Waals surface area contributed by atoms with Gasteiger partial charge in [-0.05, 0) is 37.1 Å². The van der Waals surface area contributed by atoms with Crippen molar-refractivity contribution in [2.75, 3.05) is 5.43 Å². The fraction of sp³-hybridized carbons (Fsp3) is 0.250. The lowest BCUT2D eigenvalue weighted by Crippen LogP contribution is -2.44. The summed E-state index contributed by atoms with van der Waals surface area (Å²) in [5.41, 5.74) is 6.33. The first kappa shape index (κ1) is 18.5. The first-order valence-electron chi connectivity index (χ1n) is 8.95. The van der Waals surface area contributed by atoms with Gasteiger partial charge < -0.3 is 10.7 Å². The minimum absolute atomic E-state index is 0.112. The highest BCUT2D eigenvalue weighted by atomic mass is 32.2. The van der Waals surface area contributed by atoms with E-state index in [1.807, 2.05) is 38.1 Å². The Balaban J connectivity index is 1.57. The van der Waals surface area contributed by atoms with Gasteiger partial charge in [0.15, 0.2) is 0 Å². The molecule has 1 aromatic heterocycles. The van der Waals surface area contributed by atoms with Gasteiger partial charge in [-0.15, -0.1) is 10.2 Å². The van der Waals surface area contributed by atoms with E-state index in [-0.39, 0.29) is 17.8 Å². The van der Waals surface area contributed by atoms with Crippen molar-refractivity contribution in [1.82, 2.24) is 20.2 Å². The third kappa shape index (κ3) is 3.73. The van der Waals surface area contributed by atoms with Gasteiger partial charge in [0.05, 0.1) is 6.04 Å². The fourth-order valence-corrected chi connectivity index (χ4v) is 4.23. The Hall–Kier alpha value is -2.87. The maximum atomic E-state index is 13.4. The normalized spacial score (nSPS) is 18.2. The number of fused-ring (bicyclic) bond motifs is 1. The summed E-state index contributed by atoms with van der Waals surface area (Å²) in [5.74, 6) is 0.279. The van der Waals surface area contributed by atoms with Crippen LogP contribution in [0.1, 0.15) is 28.6 Å². The van der Waals surface area contributed by atoms with Crippen LogP contribution in [0.3, 0.4) is 0 Å². The molecule has 1 aliphatic rings. The van der Waals surface area contributed by atoms with Gasteiger partial charge >= 0.3 is 0 Å². The molecule has 2 N–H and O–H groups in total. The average molecular weight is 397 g/mol. The number of rotatable bonds is 4. The smallest absolute Gasteiger partial charge is 0.236 e. The minimum Gasteiger partial charge on any atom is -0.351 e. The number of halogens is 1. The molecular weight excluding hydrogens is 377 g/mol. The van der Waals surface area contributed by atoms with Gasteiger partial charge in [-0.1, -0.05) is 53.7 Å². The molecule has 1 aliphatic heterocycles. The molecule has 6 nitrogen and oxygen atoms in total. The van der Waals surface area contributed by atoms with Crippen molar-refractivity contribution >= 4 is 17.7 Å². The summed E-state index contributed by atoms with van der Waals surface area (Å²) in [5, 5.41) is 11.4. The Labute approximate surface area is 166 Å². The maximum absolute atomic E-state index is 13.4.